The largest absolute Gasteiger partial charge is 0.320 e. The van der Waals surface area contributed by atoms with Crippen LogP contribution in [0.1, 0.15) is 19.3 Å². The van der Waals surface area contributed by atoms with Crippen molar-refractivity contribution >= 4 is 0 Å². The Morgan fingerprint density at radius 3 is 3.15 bits per heavy atom. The second-order valence-corrected chi connectivity index (χ2v) is 3.95. The van der Waals surface area contributed by atoms with E-state index < -0.39 is 0 Å². The maximum atomic E-state index is 3.79. The summed E-state index contributed by atoms with van der Waals surface area (Å²) in [6.07, 6.45) is 6.11. The van der Waals surface area contributed by atoms with Gasteiger partial charge in [-0.25, -0.2) is 0 Å². The molecular weight excluding hydrogens is 160 g/mol. The summed E-state index contributed by atoms with van der Waals surface area (Å²) in [6, 6.07) is 0. The maximum absolute atomic E-state index is 3.79. The van der Waals surface area contributed by atoms with Crippen molar-refractivity contribution in [2.75, 3.05) is 33.2 Å². The smallest absolute Gasteiger partial charge is 0.0160 e. The van der Waals surface area contributed by atoms with E-state index in [1.807, 2.05) is 13.1 Å². The summed E-state index contributed by atoms with van der Waals surface area (Å²) in [5.41, 5.74) is 0. The lowest BCUT2D eigenvalue weighted by Crippen LogP contribution is -2.36. The molecule has 0 aromatic heterocycles. The van der Waals surface area contributed by atoms with Crippen molar-refractivity contribution in [2.24, 2.45) is 5.92 Å². The van der Waals surface area contributed by atoms with Crippen LogP contribution in [0.3, 0.4) is 0 Å². The first kappa shape index (κ1) is 10.7. The van der Waals surface area contributed by atoms with Gasteiger partial charge in [0.05, 0.1) is 0 Å². The Bertz CT molecular complexity index is 145. The van der Waals surface area contributed by atoms with Crippen molar-refractivity contribution < 1.29 is 0 Å². The normalized spacial score (nSPS) is 24.5. The molecule has 76 valence electrons. The molecule has 0 aromatic carbocycles. The summed E-state index contributed by atoms with van der Waals surface area (Å²) in [6.45, 7) is 8.55. The molecule has 0 amide bonds. The molecule has 0 bridgehead atoms. The molecule has 1 unspecified atom stereocenters. The second kappa shape index (κ2) is 6.17. The number of nitrogens with one attached hydrogen (secondary N) is 1. The highest BCUT2D eigenvalue weighted by Gasteiger charge is 2.17. The van der Waals surface area contributed by atoms with Gasteiger partial charge in [-0.2, -0.15) is 0 Å². The summed E-state index contributed by atoms with van der Waals surface area (Å²) >= 11 is 0. The Hall–Kier alpha value is -0.340. The summed E-state index contributed by atoms with van der Waals surface area (Å²) in [5, 5.41) is 3.22. The average Bonchev–Trinajstić information content (AvgIpc) is 2.16. The van der Waals surface area contributed by atoms with Crippen molar-refractivity contribution in [3.05, 3.63) is 12.7 Å². The highest BCUT2D eigenvalue weighted by molar-refractivity contribution is 4.79. The Morgan fingerprint density at radius 1 is 1.62 bits per heavy atom. The van der Waals surface area contributed by atoms with Gasteiger partial charge in [-0.05, 0) is 45.3 Å². The van der Waals surface area contributed by atoms with Gasteiger partial charge in [0.25, 0.3) is 0 Å². The topological polar surface area (TPSA) is 15.3 Å². The quantitative estimate of drug-likeness (QED) is 0.648. The van der Waals surface area contributed by atoms with E-state index in [0.717, 1.165) is 19.0 Å². The highest BCUT2D eigenvalue weighted by Crippen LogP contribution is 2.18. The monoisotopic (exact) mass is 182 g/mol. The van der Waals surface area contributed by atoms with Crippen LogP contribution in [0.25, 0.3) is 0 Å². The average molecular weight is 182 g/mol. The van der Waals surface area contributed by atoms with Gasteiger partial charge < -0.3 is 5.32 Å². The zero-order valence-corrected chi connectivity index (χ0v) is 8.76. The van der Waals surface area contributed by atoms with Crippen LogP contribution in [0.2, 0.25) is 0 Å². The van der Waals surface area contributed by atoms with Gasteiger partial charge in [-0.15, -0.1) is 6.58 Å². The van der Waals surface area contributed by atoms with E-state index in [9.17, 15) is 0 Å². The van der Waals surface area contributed by atoms with Crippen LogP contribution in [0.15, 0.2) is 12.7 Å². The Kier molecular flexibility index (Phi) is 5.09. The Labute approximate surface area is 82.0 Å². The number of likely N-dealkylation sites (tertiary alicyclic amines) is 1. The molecule has 0 spiro atoms. The van der Waals surface area contributed by atoms with Gasteiger partial charge in [0.15, 0.2) is 0 Å². The fourth-order valence-electron chi connectivity index (χ4n) is 2.08. The van der Waals surface area contributed by atoms with Crippen LogP contribution in [-0.4, -0.2) is 38.1 Å². The van der Waals surface area contributed by atoms with Crippen LogP contribution in [0.5, 0.6) is 0 Å². The molecule has 1 N–H and O–H groups in total. The summed E-state index contributed by atoms with van der Waals surface area (Å²) < 4.78 is 0. The second-order valence-electron chi connectivity index (χ2n) is 3.95. The molecule has 1 saturated heterocycles. The zero-order valence-electron chi connectivity index (χ0n) is 8.76. The lowest BCUT2D eigenvalue weighted by Gasteiger charge is -2.31. The molecule has 13 heavy (non-hydrogen) atoms. The van der Waals surface area contributed by atoms with Gasteiger partial charge in [-0.1, -0.05) is 6.08 Å². The third kappa shape index (κ3) is 3.92. The predicted molar refractivity (Wildman–Crippen MR) is 57.9 cm³/mol. The number of piperidine rings is 1. The summed E-state index contributed by atoms with van der Waals surface area (Å²) in [7, 11) is 2.03. The van der Waals surface area contributed by atoms with Gasteiger partial charge >= 0.3 is 0 Å². The van der Waals surface area contributed by atoms with Crippen molar-refractivity contribution in [3.8, 4) is 0 Å². The first-order chi connectivity index (χ1) is 6.36. The van der Waals surface area contributed by atoms with Crippen molar-refractivity contribution in [1.82, 2.24) is 10.2 Å². The van der Waals surface area contributed by atoms with Crippen LogP contribution in [-0.2, 0) is 0 Å². The third-order valence-electron chi connectivity index (χ3n) is 2.79. The molecule has 0 aromatic rings. The number of rotatable bonds is 5. The van der Waals surface area contributed by atoms with E-state index in [1.165, 1.54) is 32.4 Å². The minimum absolute atomic E-state index is 0.904. The first-order valence-electron chi connectivity index (χ1n) is 5.34. The SMILES string of the molecule is C=CCN1CCCC(CCNC)C1. The van der Waals surface area contributed by atoms with Crippen molar-refractivity contribution in [2.45, 2.75) is 19.3 Å². The highest BCUT2D eigenvalue weighted by atomic mass is 15.1. The maximum Gasteiger partial charge on any atom is 0.0160 e. The van der Waals surface area contributed by atoms with E-state index in [1.54, 1.807) is 0 Å². The molecule has 1 fully saturated rings. The fourth-order valence-corrected chi connectivity index (χ4v) is 2.08. The molecular formula is C11H22N2. The van der Waals surface area contributed by atoms with Crippen LogP contribution >= 0.6 is 0 Å². The standard InChI is InChI=1S/C11H22N2/c1-3-8-13-9-4-5-11(10-13)6-7-12-2/h3,11-12H,1,4-10H2,2H3. The summed E-state index contributed by atoms with van der Waals surface area (Å²) in [4.78, 5) is 2.51. The minimum atomic E-state index is 0.904. The van der Waals surface area contributed by atoms with Gasteiger partial charge in [-0.3, -0.25) is 4.90 Å². The van der Waals surface area contributed by atoms with Gasteiger partial charge in [0.1, 0.15) is 0 Å². The van der Waals surface area contributed by atoms with E-state index in [2.05, 4.69) is 16.8 Å². The fraction of sp³-hybridized carbons (Fsp3) is 0.818. The van der Waals surface area contributed by atoms with Crippen LogP contribution in [0.4, 0.5) is 0 Å². The van der Waals surface area contributed by atoms with E-state index in [0.29, 0.717) is 0 Å². The molecule has 1 heterocycles. The lowest BCUT2D eigenvalue weighted by molar-refractivity contribution is 0.184. The Balaban J connectivity index is 2.20. The molecule has 2 nitrogen and oxygen atoms in total. The van der Waals surface area contributed by atoms with Crippen molar-refractivity contribution in [1.29, 1.82) is 0 Å². The Morgan fingerprint density at radius 2 is 2.46 bits per heavy atom. The summed E-state index contributed by atoms with van der Waals surface area (Å²) in [5.74, 6) is 0.904. The third-order valence-corrected chi connectivity index (χ3v) is 2.79. The van der Waals surface area contributed by atoms with E-state index in [4.69, 9.17) is 0 Å². The minimum Gasteiger partial charge on any atom is -0.320 e. The molecule has 1 atom stereocenters. The number of nitrogens with zero attached hydrogens (tertiary/aromatic N) is 1. The molecule has 0 radical (unpaired) electrons. The number of hydrogen-bond acceptors (Lipinski definition) is 2. The van der Waals surface area contributed by atoms with E-state index in [-0.39, 0.29) is 0 Å². The van der Waals surface area contributed by atoms with Crippen LogP contribution < -0.4 is 5.32 Å². The molecule has 0 saturated carbocycles. The molecule has 1 rings (SSSR count). The van der Waals surface area contributed by atoms with Gasteiger partial charge in [0.2, 0.25) is 0 Å². The molecule has 1 aliphatic rings. The number of hydrogen-bond donors (Lipinski definition) is 1. The van der Waals surface area contributed by atoms with E-state index >= 15 is 0 Å². The zero-order chi connectivity index (χ0) is 9.52. The van der Waals surface area contributed by atoms with Gasteiger partial charge in [0, 0.05) is 13.1 Å². The van der Waals surface area contributed by atoms with Crippen LogP contribution in [0, 0.1) is 5.92 Å². The van der Waals surface area contributed by atoms with Crippen molar-refractivity contribution in [3.63, 3.8) is 0 Å². The molecule has 1 aliphatic heterocycles. The first-order valence-corrected chi connectivity index (χ1v) is 5.34. The molecule has 0 aliphatic carbocycles. The lowest BCUT2D eigenvalue weighted by atomic mass is 9.95. The predicted octanol–water partition coefficient (Wildman–Crippen LogP) is 1.49. The molecule has 2 heteroatoms.